The third kappa shape index (κ3) is 4.99. The molecule has 1 aliphatic heterocycles. The molecule has 9 heteroatoms. The van der Waals surface area contributed by atoms with E-state index in [2.05, 4.69) is 13.5 Å². The summed E-state index contributed by atoms with van der Waals surface area (Å²) in [6, 6.07) is 0. The summed E-state index contributed by atoms with van der Waals surface area (Å²) in [6.45, 7) is 10.3. The molecule has 0 spiro atoms. The molecule has 9 unspecified atom stereocenters. The van der Waals surface area contributed by atoms with Crippen molar-refractivity contribution in [3.05, 3.63) is 23.8 Å². The minimum atomic E-state index is -1.69. The summed E-state index contributed by atoms with van der Waals surface area (Å²) in [6.07, 6.45) is -3.19. The highest BCUT2D eigenvalue weighted by Gasteiger charge is 2.58. The molecule has 0 amide bonds. The van der Waals surface area contributed by atoms with E-state index in [-0.39, 0.29) is 18.1 Å². The van der Waals surface area contributed by atoms with Gasteiger partial charge < -0.3 is 35.0 Å². The summed E-state index contributed by atoms with van der Waals surface area (Å²) >= 11 is 0. The molecule has 9 atom stereocenters. The number of Topliss-reactive ketones (excluding diaryl/α,β-unsaturated/α-hetero) is 1. The first kappa shape index (κ1) is 28.0. The van der Waals surface area contributed by atoms with Crippen molar-refractivity contribution in [1.82, 2.24) is 0 Å². The second-order valence-corrected chi connectivity index (χ2v) is 11.1. The number of ether oxygens (including phenoxy) is 2. The molecule has 0 bridgehead atoms. The van der Waals surface area contributed by atoms with Crippen molar-refractivity contribution in [2.75, 3.05) is 6.61 Å². The molecule has 2 aliphatic carbocycles. The van der Waals surface area contributed by atoms with E-state index in [1.807, 2.05) is 0 Å². The van der Waals surface area contributed by atoms with Crippen molar-refractivity contribution in [3.63, 3.8) is 0 Å². The standard InChI is InChI=1S/C26H40O9/c1-6-24(3,33)11-8-15-14(2)16(28)12-18-25(15,4)9-7-10-26(18,5)23(32)35-22-21(31)20(30)19(29)17(13-27)34-22/h6,17-22,27,29-31,33H,1,7-13H2,2-5H3. The maximum absolute atomic E-state index is 13.6. The molecule has 1 saturated carbocycles. The molecule has 9 nitrogen and oxygen atoms in total. The smallest absolute Gasteiger partial charge is 0.314 e. The number of ketones is 1. The Morgan fingerprint density at radius 1 is 1.23 bits per heavy atom. The highest BCUT2D eigenvalue weighted by atomic mass is 16.7. The van der Waals surface area contributed by atoms with Crippen LogP contribution in [0.5, 0.6) is 0 Å². The maximum Gasteiger partial charge on any atom is 0.314 e. The van der Waals surface area contributed by atoms with Gasteiger partial charge in [-0.15, -0.1) is 6.58 Å². The van der Waals surface area contributed by atoms with Crippen molar-refractivity contribution >= 4 is 11.8 Å². The van der Waals surface area contributed by atoms with Crippen molar-refractivity contribution in [1.29, 1.82) is 0 Å². The van der Waals surface area contributed by atoms with E-state index in [4.69, 9.17) is 9.47 Å². The number of carbonyl (C=O) groups excluding carboxylic acids is 2. The van der Waals surface area contributed by atoms with Gasteiger partial charge in [0.05, 0.1) is 17.6 Å². The Labute approximate surface area is 206 Å². The predicted molar refractivity (Wildman–Crippen MR) is 126 cm³/mol. The Morgan fingerprint density at radius 3 is 2.49 bits per heavy atom. The lowest BCUT2D eigenvalue weighted by molar-refractivity contribution is -0.296. The monoisotopic (exact) mass is 496 g/mol. The van der Waals surface area contributed by atoms with E-state index >= 15 is 0 Å². The van der Waals surface area contributed by atoms with Crippen LogP contribution in [0, 0.1) is 16.7 Å². The zero-order valence-electron chi connectivity index (χ0n) is 21.1. The lowest BCUT2D eigenvalue weighted by Crippen LogP contribution is -2.60. The highest BCUT2D eigenvalue weighted by molar-refractivity contribution is 5.97. The summed E-state index contributed by atoms with van der Waals surface area (Å²) in [5.74, 6) is -1.09. The molecule has 2 fully saturated rings. The minimum absolute atomic E-state index is 0.0468. The van der Waals surface area contributed by atoms with E-state index in [1.165, 1.54) is 6.08 Å². The van der Waals surface area contributed by atoms with Crippen molar-refractivity contribution in [2.45, 2.75) is 103 Å². The van der Waals surface area contributed by atoms with Crippen LogP contribution >= 0.6 is 0 Å². The fourth-order valence-corrected chi connectivity index (χ4v) is 6.22. The Kier molecular flexibility index (Phi) is 8.01. The quantitative estimate of drug-likeness (QED) is 0.258. The van der Waals surface area contributed by atoms with E-state index in [1.54, 1.807) is 20.8 Å². The topological polar surface area (TPSA) is 154 Å². The predicted octanol–water partition coefficient (Wildman–Crippen LogP) is 1.15. The first-order chi connectivity index (χ1) is 16.2. The molecule has 0 aromatic rings. The van der Waals surface area contributed by atoms with Crippen LogP contribution in [0.4, 0.5) is 0 Å². The van der Waals surface area contributed by atoms with Crippen molar-refractivity contribution < 1.29 is 44.6 Å². The number of rotatable bonds is 7. The van der Waals surface area contributed by atoms with Gasteiger partial charge in [0.2, 0.25) is 6.29 Å². The van der Waals surface area contributed by atoms with Gasteiger partial charge in [-0.25, -0.2) is 0 Å². The van der Waals surface area contributed by atoms with E-state index < -0.39 is 59.7 Å². The zero-order chi connectivity index (χ0) is 26.3. The molecule has 5 N–H and O–H groups in total. The Balaban J connectivity index is 1.88. The number of aliphatic hydroxyl groups excluding tert-OH is 4. The number of allylic oxidation sites excluding steroid dienone is 2. The van der Waals surface area contributed by atoms with E-state index in [0.29, 0.717) is 31.3 Å². The summed E-state index contributed by atoms with van der Waals surface area (Å²) < 4.78 is 10.9. The minimum Gasteiger partial charge on any atom is -0.432 e. The van der Waals surface area contributed by atoms with Crippen LogP contribution in [0.3, 0.4) is 0 Å². The molecule has 1 heterocycles. The first-order valence-electron chi connectivity index (χ1n) is 12.3. The third-order valence-corrected chi connectivity index (χ3v) is 8.74. The molecular weight excluding hydrogens is 456 g/mol. The van der Waals surface area contributed by atoms with Crippen molar-refractivity contribution in [2.24, 2.45) is 16.7 Å². The van der Waals surface area contributed by atoms with Gasteiger partial charge in [0, 0.05) is 6.42 Å². The largest absolute Gasteiger partial charge is 0.432 e. The van der Waals surface area contributed by atoms with Gasteiger partial charge in [0.25, 0.3) is 0 Å². The molecule has 35 heavy (non-hydrogen) atoms. The average molecular weight is 497 g/mol. The van der Waals surface area contributed by atoms with Crippen LogP contribution < -0.4 is 0 Å². The summed E-state index contributed by atoms with van der Waals surface area (Å²) in [5.41, 5.74) is -1.02. The highest BCUT2D eigenvalue weighted by Crippen LogP contribution is 2.60. The van der Waals surface area contributed by atoms with Gasteiger partial charge in [0.1, 0.15) is 24.4 Å². The van der Waals surface area contributed by atoms with Gasteiger partial charge in [-0.05, 0) is 63.4 Å². The Morgan fingerprint density at radius 2 is 1.89 bits per heavy atom. The lowest BCUT2D eigenvalue weighted by atomic mass is 9.49. The number of fused-ring (bicyclic) bond motifs is 1. The summed E-state index contributed by atoms with van der Waals surface area (Å²) in [5, 5.41) is 50.3. The summed E-state index contributed by atoms with van der Waals surface area (Å²) in [7, 11) is 0. The van der Waals surface area contributed by atoms with Gasteiger partial charge >= 0.3 is 5.97 Å². The van der Waals surface area contributed by atoms with Crippen LogP contribution in [0.1, 0.15) is 66.2 Å². The number of hydrogen-bond donors (Lipinski definition) is 5. The van der Waals surface area contributed by atoms with Gasteiger partial charge in [-0.2, -0.15) is 0 Å². The number of hydrogen-bond acceptors (Lipinski definition) is 9. The van der Waals surface area contributed by atoms with Crippen LogP contribution in [0.25, 0.3) is 0 Å². The van der Waals surface area contributed by atoms with Crippen molar-refractivity contribution in [3.8, 4) is 0 Å². The molecular formula is C26H40O9. The molecule has 1 saturated heterocycles. The first-order valence-corrected chi connectivity index (χ1v) is 12.3. The van der Waals surface area contributed by atoms with E-state index in [9.17, 15) is 35.1 Å². The molecule has 3 rings (SSSR count). The normalized spacial score (nSPS) is 41.7. The maximum atomic E-state index is 13.6. The van der Waals surface area contributed by atoms with Gasteiger partial charge in [0.15, 0.2) is 5.78 Å². The van der Waals surface area contributed by atoms with Gasteiger partial charge in [-0.1, -0.05) is 25.0 Å². The fourth-order valence-electron chi connectivity index (χ4n) is 6.22. The fraction of sp³-hybridized carbons (Fsp3) is 0.769. The number of esters is 1. The molecule has 0 aromatic heterocycles. The molecule has 3 aliphatic rings. The Hall–Kier alpha value is -1.62. The van der Waals surface area contributed by atoms with Crippen LogP contribution in [0.2, 0.25) is 0 Å². The second kappa shape index (κ2) is 10.0. The molecule has 198 valence electrons. The number of carbonyl (C=O) groups is 2. The van der Waals surface area contributed by atoms with Crippen LogP contribution in [-0.4, -0.2) is 80.2 Å². The summed E-state index contributed by atoms with van der Waals surface area (Å²) in [4.78, 5) is 26.6. The van der Waals surface area contributed by atoms with Crippen LogP contribution in [0.15, 0.2) is 23.8 Å². The zero-order valence-corrected chi connectivity index (χ0v) is 21.1. The lowest BCUT2D eigenvalue weighted by Gasteiger charge is -2.54. The van der Waals surface area contributed by atoms with Crippen LogP contribution in [-0.2, 0) is 19.1 Å². The van der Waals surface area contributed by atoms with Gasteiger partial charge in [-0.3, -0.25) is 9.59 Å². The Bertz CT molecular complexity index is 878. The second-order valence-electron chi connectivity index (χ2n) is 11.1. The molecule has 0 radical (unpaired) electrons. The number of aliphatic hydroxyl groups is 5. The third-order valence-electron chi connectivity index (χ3n) is 8.74. The van der Waals surface area contributed by atoms with E-state index in [0.717, 1.165) is 12.0 Å². The molecule has 0 aromatic carbocycles. The SMILES string of the molecule is C=CC(C)(O)CCC1=C(C)C(=O)CC2C(C)(C(=O)OC3OC(CO)C(O)C(O)C3O)CCCC12C. The average Bonchev–Trinajstić information content (AvgIpc) is 2.80.